The van der Waals surface area contributed by atoms with E-state index in [0.717, 1.165) is 0 Å². The lowest BCUT2D eigenvalue weighted by Gasteiger charge is -2.14. The van der Waals surface area contributed by atoms with E-state index in [1.54, 1.807) is 0 Å². The van der Waals surface area contributed by atoms with E-state index in [9.17, 15) is 4.79 Å². The van der Waals surface area contributed by atoms with Gasteiger partial charge in [0.25, 0.3) is 0 Å². The summed E-state index contributed by atoms with van der Waals surface area (Å²) in [6.45, 7) is 6.61. The fourth-order valence-electron chi connectivity index (χ4n) is 0.738. The predicted molar refractivity (Wildman–Crippen MR) is 51.0 cm³/mol. The van der Waals surface area contributed by atoms with Gasteiger partial charge in [-0.3, -0.25) is 4.79 Å². The van der Waals surface area contributed by atoms with Crippen molar-refractivity contribution in [2.75, 3.05) is 13.1 Å². The van der Waals surface area contributed by atoms with Crippen molar-refractivity contribution in [3.8, 4) is 0 Å². The van der Waals surface area contributed by atoms with Gasteiger partial charge in [-0.15, -0.1) is 0 Å². The van der Waals surface area contributed by atoms with Crippen molar-refractivity contribution in [1.29, 1.82) is 0 Å². The lowest BCUT2D eigenvalue weighted by atomic mass is 9.97. The minimum absolute atomic E-state index is 0.00562. The van der Waals surface area contributed by atoms with Gasteiger partial charge in [-0.25, -0.2) is 0 Å². The number of carbonyl (C=O) groups is 1. The van der Waals surface area contributed by atoms with E-state index in [-0.39, 0.29) is 11.8 Å². The van der Waals surface area contributed by atoms with Gasteiger partial charge in [-0.1, -0.05) is 25.9 Å². The smallest absolute Gasteiger partial charge is 0.223 e. The Morgan fingerprint density at radius 2 is 2.15 bits per heavy atom. The Morgan fingerprint density at radius 3 is 2.62 bits per heavy atom. The van der Waals surface area contributed by atoms with Crippen LogP contribution in [0.25, 0.3) is 10.4 Å². The van der Waals surface area contributed by atoms with Gasteiger partial charge in [0.15, 0.2) is 0 Å². The van der Waals surface area contributed by atoms with E-state index in [2.05, 4.69) is 15.3 Å². The Morgan fingerprint density at radius 1 is 1.54 bits per heavy atom. The van der Waals surface area contributed by atoms with Crippen molar-refractivity contribution in [2.45, 2.75) is 20.8 Å². The van der Waals surface area contributed by atoms with Crippen molar-refractivity contribution < 1.29 is 4.79 Å². The first kappa shape index (κ1) is 11.8. The first-order valence-electron chi connectivity index (χ1n) is 4.38. The van der Waals surface area contributed by atoms with Crippen LogP contribution < -0.4 is 5.32 Å². The van der Waals surface area contributed by atoms with E-state index < -0.39 is 0 Å². The van der Waals surface area contributed by atoms with Crippen LogP contribution in [0.5, 0.6) is 0 Å². The van der Waals surface area contributed by atoms with E-state index in [0.29, 0.717) is 19.0 Å². The summed E-state index contributed by atoms with van der Waals surface area (Å²) < 4.78 is 0. The molecule has 0 aromatic rings. The minimum atomic E-state index is 0.00562. The second-order valence-electron chi connectivity index (χ2n) is 3.28. The van der Waals surface area contributed by atoms with Crippen molar-refractivity contribution in [3.05, 3.63) is 10.4 Å². The maximum atomic E-state index is 11.3. The summed E-state index contributed by atoms with van der Waals surface area (Å²) in [7, 11) is 0. The molecule has 0 aliphatic carbocycles. The molecule has 0 aliphatic rings. The molecule has 0 aromatic heterocycles. The molecule has 0 bridgehead atoms. The molecule has 0 saturated carbocycles. The number of nitrogens with zero attached hydrogens (tertiary/aromatic N) is 3. The van der Waals surface area contributed by atoms with Crippen LogP contribution in [0.4, 0.5) is 0 Å². The van der Waals surface area contributed by atoms with Crippen molar-refractivity contribution in [1.82, 2.24) is 5.32 Å². The Kier molecular flexibility index (Phi) is 5.72. The molecule has 1 amide bonds. The largest absolute Gasteiger partial charge is 0.356 e. The molecule has 5 heteroatoms. The van der Waals surface area contributed by atoms with Gasteiger partial charge >= 0.3 is 0 Å². The van der Waals surface area contributed by atoms with Crippen LogP contribution in [0.2, 0.25) is 0 Å². The van der Waals surface area contributed by atoms with Crippen molar-refractivity contribution in [2.24, 2.45) is 17.0 Å². The Labute approximate surface area is 78.1 Å². The van der Waals surface area contributed by atoms with Crippen molar-refractivity contribution >= 4 is 5.91 Å². The number of nitrogens with one attached hydrogen (secondary N) is 1. The highest BCUT2D eigenvalue weighted by molar-refractivity contribution is 5.78. The van der Waals surface area contributed by atoms with Crippen LogP contribution in [-0.4, -0.2) is 19.0 Å². The SMILES string of the molecule is CC(C)C(C)C(=O)NCCN=[N+]=[N-]. The first-order valence-corrected chi connectivity index (χ1v) is 4.38. The maximum Gasteiger partial charge on any atom is 0.223 e. The standard InChI is InChI=1S/C8H16N4O/c1-6(2)7(3)8(13)10-4-5-11-12-9/h6-7H,4-5H2,1-3H3,(H,10,13). The molecule has 1 atom stereocenters. The average molecular weight is 184 g/mol. The van der Waals surface area contributed by atoms with Crippen LogP contribution >= 0.6 is 0 Å². The molecule has 0 radical (unpaired) electrons. The monoisotopic (exact) mass is 184 g/mol. The highest BCUT2D eigenvalue weighted by Gasteiger charge is 2.15. The Balaban J connectivity index is 3.68. The summed E-state index contributed by atoms with van der Waals surface area (Å²) in [5.41, 5.74) is 7.97. The molecule has 0 aromatic carbocycles. The van der Waals surface area contributed by atoms with Gasteiger partial charge in [0.2, 0.25) is 5.91 Å². The van der Waals surface area contributed by atoms with Gasteiger partial charge in [-0.05, 0) is 11.4 Å². The molecule has 0 fully saturated rings. The molecule has 5 nitrogen and oxygen atoms in total. The average Bonchev–Trinajstić information content (AvgIpc) is 2.10. The molecule has 0 aliphatic heterocycles. The lowest BCUT2D eigenvalue weighted by Crippen LogP contribution is -2.33. The van der Waals surface area contributed by atoms with E-state index in [1.807, 2.05) is 20.8 Å². The number of hydrogen-bond donors (Lipinski definition) is 1. The zero-order valence-electron chi connectivity index (χ0n) is 8.32. The van der Waals surface area contributed by atoms with Crippen LogP contribution in [0.1, 0.15) is 20.8 Å². The lowest BCUT2D eigenvalue weighted by molar-refractivity contribution is -0.125. The molecular formula is C8H16N4O. The zero-order chi connectivity index (χ0) is 10.3. The summed E-state index contributed by atoms with van der Waals surface area (Å²) >= 11 is 0. The molecule has 0 heterocycles. The second kappa shape index (κ2) is 6.31. The minimum Gasteiger partial charge on any atom is -0.356 e. The summed E-state index contributed by atoms with van der Waals surface area (Å²) in [6, 6.07) is 0. The summed E-state index contributed by atoms with van der Waals surface area (Å²) in [4.78, 5) is 13.9. The summed E-state index contributed by atoms with van der Waals surface area (Å²) in [6.07, 6.45) is 0. The van der Waals surface area contributed by atoms with Crippen LogP contribution in [0, 0.1) is 11.8 Å². The molecule has 1 unspecified atom stereocenters. The number of hydrogen-bond acceptors (Lipinski definition) is 2. The molecule has 13 heavy (non-hydrogen) atoms. The number of carbonyl (C=O) groups excluding carboxylic acids is 1. The van der Waals surface area contributed by atoms with Crippen molar-refractivity contribution in [3.63, 3.8) is 0 Å². The van der Waals surface area contributed by atoms with E-state index in [1.165, 1.54) is 0 Å². The highest BCUT2D eigenvalue weighted by Crippen LogP contribution is 2.08. The van der Waals surface area contributed by atoms with Crippen LogP contribution in [-0.2, 0) is 4.79 Å². The first-order chi connectivity index (χ1) is 6.09. The number of amides is 1. The van der Waals surface area contributed by atoms with E-state index >= 15 is 0 Å². The normalized spacial score (nSPS) is 12.0. The topological polar surface area (TPSA) is 77.9 Å². The fraction of sp³-hybridized carbons (Fsp3) is 0.875. The van der Waals surface area contributed by atoms with E-state index in [4.69, 9.17) is 5.53 Å². The van der Waals surface area contributed by atoms with Gasteiger partial charge in [-0.2, -0.15) is 0 Å². The summed E-state index contributed by atoms with van der Waals surface area (Å²) in [5.74, 6) is 0.355. The third-order valence-corrected chi connectivity index (χ3v) is 1.99. The Bertz CT molecular complexity index is 208. The molecule has 0 spiro atoms. The van der Waals surface area contributed by atoms with Crippen LogP contribution in [0.15, 0.2) is 5.11 Å². The molecule has 0 saturated heterocycles. The maximum absolute atomic E-state index is 11.3. The second-order valence-corrected chi connectivity index (χ2v) is 3.28. The quantitative estimate of drug-likeness (QED) is 0.300. The van der Waals surface area contributed by atoms with Gasteiger partial charge < -0.3 is 5.32 Å². The Hall–Kier alpha value is -1.22. The zero-order valence-corrected chi connectivity index (χ0v) is 8.32. The van der Waals surface area contributed by atoms with Crippen LogP contribution in [0.3, 0.4) is 0 Å². The third-order valence-electron chi connectivity index (χ3n) is 1.99. The molecule has 74 valence electrons. The van der Waals surface area contributed by atoms with Gasteiger partial charge in [0.1, 0.15) is 0 Å². The summed E-state index contributed by atoms with van der Waals surface area (Å²) in [5, 5.41) is 6.01. The third kappa shape index (κ3) is 5.09. The van der Waals surface area contributed by atoms with Gasteiger partial charge in [0, 0.05) is 23.9 Å². The number of rotatable bonds is 5. The highest BCUT2D eigenvalue weighted by atomic mass is 16.1. The molecule has 1 N–H and O–H groups in total. The predicted octanol–water partition coefficient (Wildman–Crippen LogP) is 1.70. The van der Waals surface area contributed by atoms with Gasteiger partial charge in [0.05, 0.1) is 0 Å². The number of azide groups is 1. The molecule has 0 rings (SSSR count). The fourth-order valence-corrected chi connectivity index (χ4v) is 0.738. The molecular weight excluding hydrogens is 168 g/mol.